The molecule has 2 heterocycles. The van der Waals surface area contributed by atoms with Gasteiger partial charge >= 0.3 is 0 Å². The van der Waals surface area contributed by atoms with Gasteiger partial charge in [-0.1, -0.05) is 53.3 Å². The van der Waals surface area contributed by atoms with E-state index in [1.807, 2.05) is 36.4 Å². The first kappa shape index (κ1) is 17.4. The van der Waals surface area contributed by atoms with Crippen LogP contribution in [0.25, 0.3) is 10.9 Å². The molecule has 4 rings (SSSR count). The van der Waals surface area contributed by atoms with Crippen molar-refractivity contribution in [1.29, 1.82) is 0 Å². The maximum atomic E-state index is 12.7. The number of para-hydroxylation sites is 2. The van der Waals surface area contributed by atoms with Gasteiger partial charge in [-0.05, 0) is 31.2 Å². The van der Waals surface area contributed by atoms with E-state index in [0.717, 1.165) is 5.69 Å². The summed E-state index contributed by atoms with van der Waals surface area (Å²) < 4.78 is 1.27. The third-order valence-corrected chi connectivity index (χ3v) is 5.15. The zero-order valence-electron chi connectivity index (χ0n) is 14.3. The van der Waals surface area contributed by atoms with E-state index in [0.29, 0.717) is 31.9 Å². The molecule has 134 valence electrons. The van der Waals surface area contributed by atoms with Crippen LogP contribution >= 0.6 is 22.9 Å². The summed E-state index contributed by atoms with van der Waals surface area (Å²) in [6.45, 7) is 1.74. The summed E-state index contributed by atoms with van der Waals surface area (Å²) in [7, 11) is 0. The highest BCUT2D eigenvalue weighted by Gasteiger charge is 2.10. The van der Waals surface area contributed by atoms with E-state index < -0.39 is 0 Å². The zero-order valence-corrected chi connectivity index (χ0v) is 15.8. The van der Waals surface area contributed by atoms with Gasteiger partial charge in [0.15, 0.2) is 10.3 Å². The fourth-order valence-electron chi connectivity index (χ4n) is 2.57. The Morgan fingerprint density at radius 3 is 2.67 bits per heavy atom. The summed E-state index contributed by atoms with van der Waals surface area (Å²) in [4.78, 5) is 22.0. The Labute approximate surface area is 163 Å². The Morgan fingerprint density at radius 1 is 1.11 bits per heavy atom. The quantitative estimate of drug-likeness (QED) is 0.518. The number of halogens is 1. The average molecular weight is 396 g/mol. The lowest BCUT2D eigenvalue weighted by molar-refractivity contribution is 0.771. The molecule has 2 aromatic heterocycles. The largest absolute Gasteiger partial charge is 0.331 e. The van der Waals surface area contributed by atoms with Crippen LogP contribution in [0.15, 0.2) is 64.5 Å². The molecular weight excluding hydrogens is 382 g/mol. The molecule has 0 aliphatic heterocycles. The average Bonchev–Trinajstić information content (AvgIpc) is 3.01. The molecule has 4 aromatic rings. The van der Waals surface area contributed by atoms with Crippen molar-refractivity contribution in [2.75, 3.05) is 5.32 Å². The van der Waals surface area contributed by atoms with Crippen molar-refractivity contribution >= 4 is 50.9 Å². The second-order valence-corrected chi connectivity index (χ2v) is 7.09. The second-order valence-electron chi connectivity index (χ2n) is 5.70. The first-order valence-corrected chi connectivity index (χ1v) is 9.32. The summed E-state index contributed by atoms with van der Waals surface area (Å²) in [5.74, 6) is 0.498. The molecule has 0 aliphatic carbocycles. The number of thiazole rings is 1. The number of rotatable bonds is 4. The number of fused-ring (bicyclic) bond motifs is 1. The molecule has 2 aromatic carbocycles. The molecule has 0 radical (unpaired) electrons. The lowest BCUT2D eigenvalue weighted by atomic mass is 10.2. The van der Waals surface area contributed by atoms with Crippen molar-refractivity contribution in [3.63, 3.8) is 0 Å². The molecule has 0 aliphatic rings. The Balaban J connectivity index is 1.66. The van der Waals surface area contributed by atoms with Crippen molar-refractivity contribution in [3.8, 4) is 0 Å². The zero-order chi connectivity index (χ0) is 18.8. The summed E-state index contributed by atoms with van der Waals surface area (Å²) in [5, 5.41) is 8.96. The van der Waals surface area contributed by atoms with E-state index in [9.17, 15) is 4.79 Å². The van der Waals surface area contributed by atoms with Crippen molar-refractivity contribution in [2.24, 2.45) is 5.10 Å². The molecule has 1 N–H and O–H groups in total. The molecule has 0 saturated heterocycles. The van der Waals surface area contributed by atoms with E-state index in [4.69, 9.17) is 11.6 Å². The van der Waals surface area contributed by atoms with Gasteiger partial charge in [0.1, 0.15) is 5.82 Å². The number of hydrogen-bond acceptors (Lipinski definition) is 6. The minimum atomic E-state index is -0.224. The molecule has 0 atom stereocenters. The molecule has 0 amide bonds. The highest BCUT2D eigenvalue weighted by atomic mass is 35.5. The Morgan fingerprint density at radius 2 is 1.85 bits per heavy atom. The molecular formula is C19H14ClN5OS. The number of aryl methyl sites for hydroxylation is 1. The standard InChI is InChI=1S/C19H14ClN5OS/c1-12-22-15-10-6-5-9-14(15)18(26)25(12)21-11-16-17(20)24-19(27-16)23-13-7-3-2-4-8-13/h2-11H,1H3,(H,23,24). The Bertz CT molecular complexity index is 1200. The van der Waals surface area contributed by atoms with Crippen LogP contribution in [-0.4, -0.2) is 20.9 Å². The number of benzene rings is 2. The smallest absolute Gasteiger partial charge is 0.282 e. The van der Waals surface area contributed by atoms with Crippen LogP contribution in [0.2, 0.25) is 5.15 Å². The monoisotopic (exact) mass is 395 g/mol. The van der Waals surface area contributed by atoms with E-state index in [2.05, 4.69) is 20.4 Å². The number of nitrogens with one attached hydrogen (secondary N) is 1. The molecule has 0 bridgehead atoms. The van der Waals surface area contributed by atoms with Crippen LogP contribution in [0.3, 0.4) is 0 Å². The summed E-state index contributed by atoms with van der Waals surface area (Å²) in [6.07, 6.45) is 1.53. The number of nitrogens with zero attached hydrogens (tertiary/aromatic N) is 4. The molecule has 0 saturated carbocycles. The van der Waals surface area contributed by atoms with E-state index in [1.165, 1.54) is 22.2 Å². The topological polar surface area (TPSA) is 72.2 Å². The fraction of sp³-hybridized carbons (Fsp3) is 0.0526. The van der Waals surface area contributed by atoms with E-state index in [-0.39, 0.29) is 5.56 Å². The van der Waals surface area contributed by atoms with Crippen molar-refractivity contribution in [1.82, 2.24) is 14.6 Å². The highest BCUT2D eigenvalue weighted by molar-refractivity contribution is 7.17. The Hall–Kier alpha value is -3.03. The Kier molecular flexibility index (Phi) is 4.70. The van der Waals surface area contributed by atoms with Crippen LogP contribution < -0.4 is 10.9 Å². The van der Waals surface area contributed by atoms with Crippen LogP contribution in [0, 0.1) is 6.92 Å². The second kappa shape index (κ2) is 7.30. The number of aromatic nitrogens is 3. The molecule has 6 nitrogen and oxygen atoms in total. The lowest BCUT2D eigenvalue weighted by Crippen LogP contribution is -2.20. The molecule has 0 fully saturated rings. The van der Waals surface area contributed by atoms with Gasteiger partial charge in [0.2, 0.25) is 0 Å². The van der Waals surface area contributed by atoms with Crippen molar-refractivity contribution in [3.05, 3.63) is 80.8 Å². The number of anilines is 2. The highest BCUT2D eigenvalue weighted by Crippen LogP contribution is 2.27. The van der Waals surface area contributed by atoms with E-state index in [1.54, 1.807) is 25.1 Å². The maximum absolute atomic E-state index is 12.7. The SMILES string of the molecule is Cc1nc2ccccc2c(=O)n1N=Cc1sc(Nc2ccccc2)nc1Cl. The van der Waals surface area contributed by atoms with Gasteiger partial charge in [-0.15, -0.1) is 0 Å². The van der Waals surface area contributed by atoms with Crippen LogP contribution in [0.1, 0.15) is 10.7 Å². The predicted molar refractivity (Wildman–Crippen MR) is 111 cm³/mol. The van der Waals surface area contributed by atoms with Crippen molar-refractivity contribution < 1.29 is 0 Å². The van der Waals surface area contributed by atoms with Gasteiger partial charge in [-0.3, -0.25) is 4.79 Å². The molecule has 0 unspecified atom stereocenters. The summed E-state index contributed by atoms with van der Waals surface area (Å²) in [5.41, 5.74) is 1.34. The molecule has 8 heteroatoms. The number of hydrogen-bond donors (Lipinski definition) is 1. The first-order chi connectivity index (χ1) is 13.1. The first-order valence-electron chi connectivity index (χ1n) is 8.13. The minimum Gasteiger partial charge on any atom is -0.331 e. The summed E-state index contributed by atoms with van der Waals surface area (Å²) in [6, 6.07) is 16.9. The minimum absolute atomic E-state index is 0.224. The summed E-state index contributed by atoms with van der Waals surface area (Å²) >= 11 is 7.57. The third-order valence-electron chi connectivity index (χ3n) is 3.84. The van der Waals surface area contributed by atoms with Gasteiger partial charge < -0.3 is 5.32 Å². The van der Waals surface area contributed by atoms with Crippen LogP contribution in [-0.2, 0) is 0 Å². The predicted octanol–water partition coefficient (Wildman–Crippen LogP) is 4.44. The normalized spacial score (nSPS) is 11.3. The van der Waals surface area contributed by atoms with Gasteiger partial charge in [0, 0.05) is 5.69 Å². The molecule has 0 spiro atoms. The maximum Gasteiger partial charge on any atom is 0.282 e. The lowest BCUT2D eigenvalue weighted by Gasteiger charge is -2.04. The van der Waals surface area contributed by atoms with Gasteiger partial charge in [-0.2, -0.15) is 9.78 Å². The third kappa shape index (κ3) is 3.60. The van der Waals surface area contributed by atoms with Gasteiger partial charge in [-0.25, -0.2) is 9.97 Å². The van der Waals surface area contributed by atoms with Gasteiger partial charge in [0.25, 0.3) is 5.56 Å². The van der Waals surface area contributed by atoms with Crippen LogP contribution in [0.4, 0.5) is 10.8 Å². The fourth-order valence-corrected chi connectivity index (χ4v) is 3.62. The van der Waals surface area contributed by atoms with Crippen molar-refractivity contribution in [2.45, 2.75) is 6.92 Å². The molecule has 27 heavy (non-hydrogen) atoms. The van der Waals surface area contributed by atoms with Gasteiger partial charge in [0.05, 0.1) is 22.0 Å². The van der Waals surface area contributed by atoms with E-state index >= 15 is 0 Å². The van der Waals surface area contributed by atoms with Crippen LogP contribution in [0.5, 0.6) is 0 Å².